The van der Waals surface area contributed by atoms with Gasteiger partial charge in [-0.15, -0.1) is 0 Å². The molecule has 1 atom stereocenters. The summed E-state index contributed by atoms with van der Waals surface area (Å²) in [6.07, 6.45) is 0.742. The number of hydrogen-bond acceptors (Lipinski definition) is 3. The highest BCUT2D eigenvalue weighted by Gasteiger charge is 2.10. The van der Waals surface area contributed by atoms with E-state index in [9.17, 15) is 0 Å². The van der Waals surface area contributed by atoms with Gasteiger partial charge >= 0.3 is 0 Å². The van der Waals surface area contributed by atoms with Crippen molar-refractivity contribution in [2.45, 2.75) is 19.4 Å². The molecule has 21 heavy (non-hydrogen) atoms. The normalized spacial score (nSPS) is 12.0. The second-order valence-electron chi connectivity index (χ2n) is 4.77. The van der Waals surface area contributed by atoms with E-state index < -0.39 is 0 Å². The van der Waals surface area contributed by atoms with Gasteiger partial charge in [0.2, 0.25) is 0 Å². The minimum absolute atomic E-state index is 0.0657. The second kappa shape index (κ2) is 7.48. The minimum Gasteiger partial charge on any atom is -0.497 e. The molecule has 0 amide bonds. The molecule has 0 aliphatic rings. The first-order valence-corrected chi connectivity index (χ1v) is 7.74. The Morgan fingerprint density at radius 1 is 1.10 bits per heavy atom. The van der Waals surface area contributed by atoms with Crippen molar-refractivity contribution in [3.8, 4) is 11.5 Å². The van der Waals surface area contributed by atoms with Crippen LogP contribution in [-0.2, 0) is 6.42 Å². The van der Waals surface area contributed by atoms with Crippen LogP contribution in [0.3, 0.4) is 0 Å². The van der Waals surface area contributed by atoms with Crippen molar-refractivity contribution in [1.29, 1.82) is 0 Å². The number of ether oxygens (including phenoxy) is 2. The third kappa shape index (κ3) is 4.22. The zero-order valence-corrected chi connectivity index (χ0v) is 13.9. The van der Waals surface area contributed by atoms with Crippen LogP contribution in [0, 0.1) is 0 Å². The summed E-state index contributed by atoms with van der Waals surface area (Å²) >= 11 is 3.56. The lowest BCUT2D eigenvalue weighted by Gasteiger charge is -2.15. The van der Waals surface area contributed by atoms with Crippen LogP contribution in [0.2, 0.25) is 0 Å². The van der Waals surface area contributed by atoms with Crippen molar-refractivity contribution in [1.82, 2.24) is 0 Å². The zero-order chi connectivity index (χ0) is 15.2. The Morgan fingerprint density at radius 2 is 1.76 bits per heavy atom. The summed E-state index contributed by atoms with van der Waals surface area (Å²) in [6, 6.07) is 13.8. The summed E-state index contributed by atoms with van der Waals surface area (Å²) in [5, 5.41) is 0. The molecule has 0 radical (unpaired) electrons. The standard InChI is InChI=1S/C17H20BrNO2/c1-3-21-14-6-4-12(5-7-14)17(19)11-13-10-15(20-2)8-9-16(13)18/h4-10,17H,3,11,19H2,1-2H3. The Hall–Kier alpha value is -1.52. The molecule has 0 spiro atoms. The number of rotatable bonds is 6. The molecule has 0 aromatic heterocycles. The maximum Gasteiger partial charge on any atom is 0.119 e. The van der Waals surface area contributed by atoms with E-state index in [0.717, 1.165) is 33.5 Å². The molecule has 1 unspecified atom stereocenters. The Bertz CT molecular complexity index is 584. The molecule has 0 saturated carbocycles. The molecule has 2 aromatic rings. The summed E-state index contributed by atoms with van der Waals surface area (Å²) in [5.41, 5.74) is 8.53. The molecule has 0 fully saturated rings. The number of hydrogen-bond donors (Lipinski definition) is 1. The second-order valence-corrected chi connectivity index (χ2v) is 5.62. The third-order valence-electron chi connectivity index (χ3n) is 3.31. The van der Waals surface area contributed by atoms with Crippen molar-refractivity contribution in [2.75, 3.05) is 13.7 Å². The van der Waals surface area contributed by atoms with Crippen LogP contribution in [0.5, 0.6) is 11.5 Å². The molecule has 112 valence electrons. The fourth-order valence-corrected chi connectivity index (χ4v) is 2.58. The van der Waals surface area contributed by atoms with Crippen LogP contribution in [0.1, 0.15) is 24.1 Å². The van der Waals surface area contributed by atoms with Crippen LogP contribution in [-0.4, -0.2) is 13.7 Å². The van der Waals surface area contributed by atoms with Crippen LogP contribution in [0.25, 0.3) is 0 Å². The first-order chi connectivity index (χ1) is 10.1. The predicted octanol–water partition coefficient (Wildman–Crippen LogP) is 4.10. The van der Waals surface area contributed by atoms with Gasteiger partial charge in [0.1, 0.15) is 11.5 Å². The monoisotopic (exact) mass is 349 g/mol. The Balaban J connectivity index is 2.11. The summed E-state index contributed by atoms with van der Waals surface area (Å²) in [7, 11) is 1.67. The number of halogens is 1. The Labute approximate surface area is 134 Å². The van der Waals surface area contributed by atoms with Crippen molar-refractivity contribution >= 4 is 15.9 Å². The van der Waals surface area contributed by atoms with Crippen molar-refractivity contribution in [3.05, 3.63) is 58.1 Å². The van der Waals surface area contributed by atoms with E-state index in [4.69, 9.17) is 15.2 Å². The first-order valence-electron chi connectivity index (χ1n) is 6.94. The maximum absolute atomic E-state index is 6.31. The SMILES string of the molecule is CCOc1ccc(C(N)Cc2cc(OC)ccc2Br)cc1. The summed E-state index contributed by atoms with van der Waals surface area (Å²) < 4.78 is 11.8. The molecule has 3 nitrogen and oxygen atoms in total. The van der Waals surface area contributed by atoms with Gasteiger partial charge in [-0.2, -0.15) is 0 Å². The van der Waals surface area contributed by atoms with Gasteiger partial charge in [0, 0.05) is 10.5 Å². The molecule has 0 aliphatic carbocycles. The van der Waals surface area contributed by atoms with Gasteiger partial charge in [0.05, 0.1) is 13.7 Å². The van der Waals surface area contributed by atoms with Crippen LogP contribution in [0.15, 0.2) is 46.9 Å². The molecule has 0 aliphatic heterocycles. The maximum atomic E-state index is 6.31. The quantitative estimate of drug-likeness (QED) is 0.853. The topological polar surface area (TPSA) is 44.5 Å². The van der Waals surface area contributed by atoms with Crippen LogP contribution < -0.4 is 15.2 Å². The van der Waals surface area contributed by atoms with Gasteiger partial charge in [0.25, 0.3) is 0 Å². The van der Waals surface area contributed by atoms with Gasteiger partial charge in [-0.05, 0) is 54.8 Å². The van der Waals surface area contributed by atoms with Gasteiger partial charge < -0.3 is 15.2 Å². The fourth-order valence-electron chi connectivity index (χ4n) is 2.17. The summed E-state index contributed by atoms with van der Waals surface area (Å²) in [4.78, 5) is 0. The van der Waals surface area contributed by atoms with E-state index in [1.807, 2.05) is 49.4 Å². The molecule has 2 aromatic carbocycles. The fraction of sp³-hybridized carbons (Fsp3) is 0.294. The molecule has 0 heterocycles. The van der Waals surface area contributed by atoms with Gasteiger partial charge in [-0.3, -0.25) is 0 Å². The largest absolute Gasteiger partial charge is 0.497 e. The lowest BCUT2D eigenvalue weighted by Crippen LogP contribution is -2.13. The van der Waals surface area contributed by atoms with E-state index in [1.54, 1.807) is 7.11 Å². The van der Waals surface area contributed by atoms with Crippen molar-refractivity contribution in [3.63, 3.8) is 0 Å². The minimum atomic E-state index is -0.0657. The van der Waals surface area contributed by atoms with Gasteiger partial charge in [-0.1, -0.05) is 28.1 Å². The van der Waals surface area contributed by atoms with Crippen molar-refractivity contribution in [2.24, 2.45) is 5.73 Å². The van der Waals surface area contributed by atoms with Crippen LogP contribution >= 0.6 is 15.9 Å². The Morgan fingerprint density at radius 3 is 2.38 bits per heavy atom. The van der Waals surface area contributed by atoms with E-state index in [1.165, 1.54) is 0 Å². The average molecular weight is 350 g/mol. The van der Waals surface area contributed by atoms with Gasteiger partial charge in [0.15, 0.2) is 0 Å². The molecule has 0 saturated heterocycles. The molecular formula is C17H20BrNO2. The molecule has 2 rings (SSSR count). The summed E-state index contributed by atoms with van der Waals surface area (Å²) in [6.45, 7) is 2.64. The number of methoxy groups -OCH3 is 1. The predicted molar refractivity (Wildman–Crippen MR) is 88.9 cm³/mol. The number of nitrogens with two attached hydrogens (primary N) is 1. The molecule has 2 N–H and O–H groups in total. The third-order valence-corrected chi connectivity index (χ3v) is 4.09. The lowest BCUT2D eigenvalue weighted by atomic mass is 9.99. The van der Waals surface area contributed by atoms with E-state index in [-0.39, 0.29) is 6.04 Å². The highest BCUT2D eigenvalue weighted by Crippen LogP contribution is 2.27. The van der Waals surface area contributed by atoms with Crippen LogP contribution in [0.4, 0.5) is 0 Å². The Kier molecular flexibility index (Phi) is 5.65. The average Bonchev–Trinajstić information content (AvgIpc) is 2.50. The van der Waals surface area contributed by atoms with Gasteiger partial charge in [-0.25, -0.2) is 0 Å². The van der Waals surface area contributed by atoms with E-state index >= 15 is 0 Å². The first kappa shape index (κ1) is 15.9. The lowest BCUT2D eigenvalue weighted by molar-refractivity contribution is 0.340. The highest BCUT2D eigenvalue weighted by atomic mass is 79.9. The molecular weight excluding hydrogens is 330 g/mol. The van der Waals surface area contributed by atoms with Crippen molar-refractivity contribution < 1.29 is 9.47 Å². The van der Waals surface area contributed by atoms with E-state index in [0.29, 0.717) is 6.61 Å². The van der Waals surface area contributed by atoms with E-state index in [2.05, 4.69) is 15.9 Å². The number of benzene rings is 2. The molecule has 4 heteroatoms. The molecule has 0 bridgehead atoms. The highest BCUT2D eigenvalue weighted by molar-refractivity contribution is 9.10. The zero-order valence-electron chi connectivity index (χ0n) is 12.3. The smallest absolute Gasteiger partial charge is 0.119 e. The summed E-state index contributed by atoms with van der Waals surface area (Å²) in [5.74, 6) is 1.71.